The standard InChI is InChI=1S/C31H47N3O/c1-4-7-9-11-13-15-18-26-22-27(19-16-14-12-10-8-5-2)31(35)30(24-26)34-32-28-21-20-25(17-6-3)23-29(28)33-34/h20-24,35H,4-19H2,1-3H3. The highest BCUT2D eigenvalue weighted by molar-refractivity contribution is 5.75. The molecule has 0 saturated heterocycles. The highest BCUT2D eigenvalue weighted by Crippen LogP contribution is 2.30. The zero-order valence-corrected chi connectivity index (χ0v) is 22.5. The van der Waals surface area contributed by atoms with Crippen LogP contribution < -0.4 is 0 Å². The summed E-state index contributed by atoms with van der Waals surface area (Å²) in [4.78, 5) is 1.66. The Balaban J connectivity index is 1.79. The fraction of sp³-hybridized carbons (Fsp3) is 0.613. The maximum absolute atomic E-state index is 11.2. The molecule has 4 nitrogen and oxygen atoms in total. The van der Waals surface area contributed by atoms with Gasteiger partial charge in [-0.3, -0.25) is 0 Å². The molecule has 35 heavy (non-hydrogen) atoms. The molecule has 0 fully saturated rings. The summed E-state index contributed by atoms with van der Waals surface area (Å²) in [6, 6.07) is 10.7. The van der Waals surface area contributed by atoms with Gasteiger partial charge in [-0.25, -0.2) is 0 Å². The highest BCUT2D eigenvalue weighted by atomic mass is 16.3. The molecule has 0 unspecified atom stereocenters. The van der Waals surface area contributed by atoms with Crippen LogP contribution in [0, 0.1) is 0 Å². The first-order valence-corrected chi connectivity index (χ1v) is 14.4. The molecule has 0 aliphatic rings. The van der Waals surface area contributed by atoms with Gasteiger partial charge in [-0.15, -0.1) is 15.0 Å². The molecule has 3 rings (SSSR count). The Hall–Kier alpha value is -2.36. The maximum atomic E-state index is 11.2. The minimum atomic E-state index is 0.347. The lowest BCUT2D eigenvalue weighted by atomic mass is 9.98. The van der Waals surface area contributed by atoms with E-state index in [1.807, 2.05) is 0 Å². The van der Waals surface area contributed by atoms with Crippen LogP contribution in [0.4, 0.5) is 0 Å². The average molecular weight is 478 g/mol. The second kappa shape index (κ2) is 14.9. The Kier molecular flexibility index (Phi) is 11.6. The molecule has 0 radical (unpaired) electrons. The zero-order chi connectivity index (χ0) is 24.9. The first-order chi connectivity index (χ1) is 17.2. The summed E-state index contributed by atoms with van der Waals surface area (Å²) >= 11 is 0. The predicted octanol–water partition coefficient (Wildman–Crippen LogP) is 8.88. The summed E-state index contributed by atoms with van der Waals surface area (Å²) in [6.45, 7) is 6.71. The Labute approximate surface area is 213 Å². The lowest BCUT2D eigenvalue weighted by molar-refractivity contribution is 0.458. The van der Waals surface area contributed by atoms with Crippen molar-refractivity contribution < 1.29 is 5.11 Å². The highest BCUT2D eigenvalue weighted by Gasteiger charge is 2.15. The Morgan fingerprint density at radius 2 is 1.23 bits per heavy atom. The van der Waals surface area contributed by atoms with Gasteiger partial charge in [0.05, 0.1) is 0 Å². The third kappa shape index (κ3) is 8.37. The van der Waals surface area contributed by atoms with Gasteiger partial charge in [0.2, 0.25) is 0 Å². The van der Waals surface area contributed by atoms with Crippen molar-refractivity contribution in [3.63, 3.8) is 0 Å². The lowest BCUT2D eigenvalue weighted by Gasteiger charge is -2.13. The van der Waals surface area contributed by atoms with Gasteiger partial charge >= 0.3 is 0 Å². The Morgan fingerprint density at radius 3 is 1.91 bits per heavy atom. The first-order valence-electron chi connectivity index (χ1n) is 14.4. The van der Waals surface area contributed by atoms with Crippen LogP contribution in [-0.2, 0) is 19.3 Å². The second-order valence-electron chi connectivity index (χ2n) is 10.2. The second-order valence-corrected chi connectivity index (χ2v) is 10.2. The number of aryl methyl sites for hydroxylation is 3. The number of unbranched alkanes of at least 4 members (excludes halogenated alkanes) is 10. The van der Waals surface area contributed by atoms with E-state index in [0.717, 1.165) is 54.4 Å². The van der Waals surface area contributed by atoms with E-state index in [9.17, 15) is 5.11 Å². The van der Waals surface area contributed by atoms with Gasteiger partial charge in [0.1, 0.15) is 22.5 Å². The number of phenols is 1. The van der Waals surface area contributed by atoms with E-state index in [2.05, 4.69) is 51.1 Å². The van der Waals surface area contributed by atoms with E-state index in [1.54, 1.807) is 4.80 Å². The minimum absolute atomic E-state index is 0.347. The van der Waals surface area contributed by atoms with E-state index in [-0.39, 0.29) is 0 Å². The van der Waals surface area contributed by atoms with Crippen molar-refractivity contribution in [1.82, 2.24) is 15.0 Å². The largest absolute Gasteiger partial charge is 0.505 e. The van der Waals surface area contributed by atoms with E-state index in [4.69, 9.17) is 10.2 Å². The Bertz CT molecular complexity index is 1020. The fourth-order valence-electron chi connectivity index (χ4n) is 4.95. The van der Waals surface area contributed by atoms with Gasteiger partial charge in [0, 0.05) is 0 Å². The molecule has 0 atom stereocenters. The lowest BCUT2D eigenvalue weighted by Crippen LogP contribution is -2.03. The van der Waals surface area contributed by atoms with Crippen molar-refractivity contribution in [1.29, 1.82) is 0 Å². The minimum Gasteiger partial charge on any atom is -0.505 e. The number of aromatic nitrogens is 3. The van der Waals surface area contributed by atoms with Crippen LogP contribution in [0.1, 0.15) is 121 Å². The SMILES string of the molecule is CCCCCCCCc1cc(CCCCCCCC)c(O)c(-n2nc3ccc(CCC)cc3n2)c1. The summed E-state index contributed by atoms with van der Waals surface area (Å²) in [5.74, 6) is 0.347. The third-order valence-electron chi connectivity index (χ3n) is 7.05. The molecule has 0 aliphatic carbocycles. The quantitative estimate of drug-likeness (QED) is 0.197. The van der Waals surface area contributed by atoms with E-state index in [1.165, 1.54) is 81.8 Å². The summed E-state index contributed by atoms with van der Waals surface area (Å²) in [5.41, 5.74) is 6.13. The van der Waals surface area contributed by atoms with Crippen molar-refractivity contribution in [2.45, 2.75) is 124 Å². The maximum Gasteiger partial charge on any atom is 0.146 e. The van der Waals surface area contributed by atoms with Gasteiger partial charge in [-0.05, 0) is 67.0 Å². The number of phenolic OH excluding ortho intramolecular Hbond substituents is 1. The molecular formula is C31H47N3O. The van der Waals surface area contributed by atoms with Crippen molar-refractivity contribution in [2.24, 2.45) is 0 Å². The van der Waals surface area contributed by atoms with Crippen LogP contribution in [-0.4, -0.2) is 20.1 Å². The molecule has 0 saturated carbocycles. The number of fused-ring (bicyclic) bond motifs is 1. The molecule has 1 heterocycles. The average Bonchev–Trinajstić information content (AvgIpc) is 3.28. The van der Waals surface area contributed by atoms with Gasteiger partial charge in [0.25, 0.3) is 0 Å². The van der Waals surface area contributed by atoms with Gasteiger partial charge in [-0.2, -0.15) is 0 Å². The van der Waals surface area contributed by atoms with Crippen LogP contribution >= 0.6 is 0 Å². The van der Waals surface area contributed by atoms with E-state index < -0.39 is 0 Å². The summed E-state index contributed by atoms with van der Waals surface area (Å²) < 4.78 is 0. The van der Waals surface area contributed by atoms with Gasteiger partial charge < -0.3 is 5.11 Å². The van der Waals surface area contributed by atoms with Crippen LogP contribution in [0.25, 0.3) is 16.7 Å². The van der Waals surface area contributed by atoms with Crippen molar-refractivity contribution >= 4 is 11.0 Å². The molecule has 0 bridgehead atoms. The number of hydrogen-bond donors (Lipinski definition) is 1. The summed E-state index contributed by atoms with van der Waals surface area (Å²) in [5, 5.41) is 20.7. The molecule has 2 aromatic carbocycles. The molecule has 192 valence electrons. The molecule has 0 amide bonds. The third-order valence-corrected chi connectivity index (χ3v) is 7.05. The summed E-state index contributed by atoms with van der Waals surface area (Å²) in [6.07, 6.45) is 19.4. The number of benzene rings is 2. The molecular weight excluding hydrogens is 430 g/mol. The van der Waals surface area contributed by atoms with Crippen LogP contribution in [0.3, 0.4) is 0 Å². The van der Waals surface area contributed by atoms with Gasteiger partial charge in [0.15, 0.2) is 0 Å². The van der Waals surface area contributed by atoms with Crippen molar-refractivity contribution in [3.8, 4) is 11.4 Å². The fourth-order valence-corrected chi connectivity index (χ4v) is 4.95. The van der Waals surface area contributed by atoms with Gasteiger partial charge in [-0.1, -0.05) is 104 Å². The normalized spacial score (nSPS) is 11.5. The smallest absolute Gasteiger partial charge is 0.146 e. The molecule has 1 aromatic heterocycles. The number of nitrogens with zero attached hydrogens (tertiary/aromatic N) is 3. The van der Waals surface area contributed by atoms with Crippen molar-refractivity contribution in [3.05, 3.63) is 47.0 Å². The predicted molar refractivity (Wildman–Crippen MR) is 149 cm³/mol. The molecule has 0 spiro atoms. The van der Waals surface area contributed by atoms with Crippen molar-refractivity contribution in [2.75, 3.05) is 0 Å². The zero-order valence-electron chi connectivity index (χ0n) is 22.5. The number of aromatic hydroxyl groups is 1. The first kappa shape index (κ1) is 27.2. The molecule has 0 aliphatic heterocycles. The molecule has 3 aromatic rings. The summed E-state index contributed by atoms with van der Waals surface area (Å²) in [7, 11) is 0. The van der Waals surface area contributed by atoms with E-state index >= 15 is 0 Å². The van der Waals surface area contributed by atoms with Crippen LogP contribution in [0.15, 0.2) is 30.3 Å². The number of hydrogen-bond acceptors (Lipinski definition) is 3. The van der Waals surface area contributed by atoms with Crippen LogP contribution in [0.5, 0.6) is 5.75 Å². The van der Waals surface area contributed by atoms with Crippen LogP contribution in [0.2, 0.25) is 0 Å². The Morgan fingerprint density at radius 1 is 0.600 bits per heavy atom. The molecule has 1 N–H and O–H groups in total. The number of rotatable bonds is 17. The molecule has 4 heteroatoms. The topological polar surface area (TPSA) is 50.9 Å². The monoisotopic (exact) mass is 477 g/mol. The van der Waals surface area contributed by atoms with E-state index in [0.29, 0.717) is 5.75 Å².